The largest absolute Gasteiger partial charge is 0.243 e. The van der Waals surface area contributed by atoms with Crippen LogP contribution in [-0.4, -0.2) is 15.0 Å². The van der Waals surface area contributed by atoms with E-state index in [1.54, 1.807) is 0 Å². The van der Waals surface area contributed by atoms with Crippen molar-refractivity contribution in [2.24, 2.45) is 5.92 Å². The van der Waals surface area contributed by atoms with E-state index in [4.69, 9.17) is 23.2 Å². The zero-order valence-corrected chi connectivity index (χ0v) is 13.2. The highest BCUT2D eigenvalue weighted by atomic mass is 79.9. The predicted octanol–water partition coefficient (Wildman–Crippen LogP) is 3.69. The molecule has 0 radical (unpaired) electrons. The highest BCUT2D eigenvalue weighted by Crippen LogP contribution is 2.32. The number of benzene rings is 1. The molecular formula is C10H12BrCl2NO2S. The second kappa shape index (κ2) is 5.89. The molecule has 0 aliphatic rings. The molecule has 7 heteroatoms. The Bertz CT molecular complexity index is 494. The molecule has 0 aliphatic heterocycles. The molecule has 17 heavy (non-hydrogen) atoms. The Morgan fingerprint density at radius 1 is 1.29 bits per heavy atom. The Hall–Kier alpha value is 0.190. The molecule has 0 aliphatic carbocycles. The van der Waals surface area contributed by atoms with Gasteiger partial charge in [-0.3, -0.25) is 0 Å². The first kappa shape index (κ1) is 15.2. The van der Waals surface area contributed by atoms with Crippen LogP contribution < -0.4 is 4.72 Å². The minimum absolute atomic E-state index is 0.0790. The second-order valence-electron chi connectivity index (χ2n) is 3.94. The summed E-state index contributed by atoms with van der Waals surface area (Å²) in [7, 11) is -3.67. The van der Waals surface area contributed by atoms with Crippen LogP contribution in [0.1, 0.15) is 13.8 Å². The summed E-state index contributed by atoms with van der Waals surface area (Å²) < 4.78 is 27.1. The Morgan fingerprint density at radius 2 is 1.76 bits per heavy atom. The van der Waals surface area contributed by atoms with E-state index in [0.717, 1.165) is 0 Å². The molecule has 0 saturated carbocycles. The third-order valence-corrected chi connectivity index (χ3v) is 4.72. The fourth-order valence-electron chi connectivity index (χ4n) is 1.13. The average molecular weight is 361 g/mol. The van der Waals surface area contributed by atoms with Crippen molar-refractivity contribution in [1.29, 1.82) is 0 Å². The van der Waals surface area contributed by atoms with Gasteiger partial charge in [-0.25, -0.2) is 13.1 Å². The molecule has 0 saturated heterocycles. The van der Waals surface area contributed by atoms with Crippen molar-refractivity contribution in [2.45, 2.75) is 18.7 Å². The first-order chi connectivity index (χ1) is 7.74. The van der Waals surface area contributed by atoms with Gasteiger partial charge < -0.3 is 0 Å². The third-order valence-electron chi connectivity index (χ3n) is 1.91. The lowest BCUT2D eigenvalue weighted by Crippen LogP contribution is -2.28. The highest BCUT2D eigenvalue weighted by molar-refractivity contribution is 9.10. The topological polar surface area (TPSA) is 46.2 Å². The molecule has 1 N–H and O–H groups in total. The summed E-state index contributed by atoms with van der Waals surface area (Å²) in [5.41, 5.74) is 0. The van der Waals surface area contributed by atoms with Gasteiger partial charge in [-0.2, -0.15) is 0 Å². The van der Waals surface area contributed by atoms with E-state index >= 15 is 0 Å². The smallest absolute Gasteiger partial charge is 0.211 e. The highest BCUT2D eigenvalue weighted by Gasteiger charge is 2.22. The molecule has 0 spiro atoms. The molecule has 0 amide bonds. The molecule has 0 heterocycles. The molecule has 0 atom stereocenters. The molecule has 0 bridgehead atoms. The number of hydrogen-bond donors (Lipinski definition) is 1. The van der Waals surface area contributed by atoms with Gasteiger partial charge in [0.1, 0.15) is 4.90 Å². The van der Waals surface area contributed by atoms with Gasteiger partial charge in [0.25, 0.3) is 0 Å². The molecule has 1 rings (SSSR count). The van der Waals surface area contributed by atoms with Crippen molar-refractivity contribution in [2.75, 3.05) is 6.54 Å². The zero-order valence-electron chi connectivity index (χ0n) is 9.30. The van der Waals surface area contributed by atoms with Crippen molar-refractivity contribution >= 4 is 49.2 Å². The maximum Gasteiger partial charge on any atom is 0.243 e. The fourth-order valence-corrected chi connectivity index (χ4v) is 4.28. The summed E-state index contributed by atoms with van der Waals surface area (Å²) in [4.78, 5) is -0.0790. The van der Waals surface area contributed by atoms with Crippen LogP contribution in [-0.2, 0) is 10.0 Å². The SMILES string of the molecule is CC(C)CNS(=O)(=O)c1c(Cl)cc(Br)cc1Cl. The second-order valence-corrected chi connectivity index (χ2v) is 7.38. The molecule has 1 aromatic rings. The van der Waals surface area contributed by atoms with Crippen LogP contribution in [0.4, 0.5) is 0 Å². The molecule has 96 valence electrons. The summed E-state index contributed by atoms with van der Waals surface area (Å²) in [5.74, 6) is 0.206. The molecule has 1 aromatic carbocycles. The lowest BCUT2D eigenvalue weighted by atomic mass is 10.2. The van der Waals surface area contributed by atoms with E-state index in [-0.39, 0.29) is 20.9 Å². The normalized spacial score (nSPS) is 12.1. The van der Waals surface area contributed by atoms with Crippen molar-refractivity contribution in [1.82, 2.24) is 4.72 Å². The Balaban J connectivity index is 3.16. The van der Waals surface area contributed by atoms with Crippen LogP contribution in [0.25, 0.3) is 0 Å². The van der Waals surface area contributed by atoms with Crippen molar-refractivity contribution in [3.05, 3.63) is 26.7 Å². The van der Waals surface area contributed by atoms with E-state index < -0.39 is 10.0 Å². The van der Waals surface area contributed by atoms with Gasteiger partial charge in [-0.05, 0) is 18.1 Å². The Morgan fingerprint density at radius 3 is 2.18 bits per heavy atom. The van der Waals surface area contributed by atoms with Crippen LogP contribution in [0.15, 0.2) is 21.5 Å². The van der Waals surface area contributed by atoms with Crippen molar-refractivity contribution in [3.63, 3.8) is 0 Å². The molecular weight excluding hydrogens is 349 g/mol. The maximum atomic E-state index is 12.0. The summed E-state index contributed by atoms with van der Waals surface area (Å²) >= 11 is 15.0. The van der Waals surface area contributed by atoms with Gasteiger partial charge in [0.05, 0.1) is 10.0 Å². The minimum Gasteiger partial charge on any atom is -0.211 e. The minimum atomic E-state index is -3.67. The summed E-state index contributed by atoms with van der Waals surface area (Å²) in [6.07, 6.45) is 0. The zero-order chi connectivity index (χ0) is 13.2. The lowest BCUT2D eigenvalue weighted by molar-refractivity contribution is 0.560. The first-order valence-corrected chi connectivity index (χ1v) is 7.91. The average Bonchev–Trinajstić information content (AvgIpc) is 2.12. The molecule has 0 fully saturated rings. The van der Waals surface area contributed by atoms with E-state index in [1.165, 1.54) is 12.1 Å². The number of hydrogen-bond acceptors (Lipinski definition) is 2. The number of sulfonamides is 1. The predicted molar refractivity (Wildman–Crippen MR) is 74.2 cm³/mol. The molecule has 3 nitrogen and oxygen atoms in total. The lowest BCUT2D eigenvalue weighted by Gasteiger charge is -2.11. The number of halogens is 3. The summed E-state index contributed by atoms with van der Waals surface area (Å²) in [6.45, 7) is 4.16. The Kier molecular flexibility index (Phi) is 5.28. The van der Waals surface area contributed by atoms with Gasteiger partial charge >= 0.3 is 0 Å². The maximum absolute atomic E-state index is 12.0. The van der Waals surface area contributed by atoms with E-state index in [1.807, 2.05) is 13.8 Å². The standard InChI is InChI=1S/C10H12BrCl2NO2S/c1-6(2)5-14-17(15,16)10-8(12)3-7(11)4-9(10)13/h3-4,6,14H,5H2,1-2H3. The van der Waals surface area contributed by atoms with Gasteiger partial charge in [0.2, 0.25) is 10.0 Å². The summed E-state index contributed by atoms with van der Waals surface area (Å²) in [6, 6.07) is 2.99. The number of rotatable bonds is 4. The van der Waals surface area contributed by atoms with Crippen LogP contribution >= 0.6 is 39.1 Å². The van der Waals surface area contributed by atoms with E-state index in [9.17, 15) is 8.42 Å². The van der Waals surface area contributed by atoms with Crippen LogP contribution in [0.2, 0.25) is 10.0 Å². The fraction of sp³-hybridized carbons (Fsp3) is 0.400. The quantitative estimate of drug-likeness (QED) is 0.889. The molecule has 0 aromatic heterocycles. The van der Waals surface area contributed by atoms with Gasteiger partial charge in [-0.1, -0.05) is 53.0 Å². The van der Waals surface area contributed by atoms with Crippen LogP contribution in [0.5, 0.6) is 0 Å². The third kappa shape index (κ3) is 4.10. The van der Waals surface area contributed by atoms with E-state index in [2.05, 4.69) is 20.7 Å². The van der Waals surface area contributed by atoms with Crippen LogP contribution in [0.3, 0.4) is 0 Å². The van der Waals surface area contributed by atoms with Crippen molar-refractivity contribution in [3.8, 4) is 0 Å². The van der Waals surface area contributed by atoms with Gasteiger partial charge in [0, 0.05) is 11.0 Å². The Labute approximate surface area is 120 Å². The van der Waals surface area contributed by atoms with E-state index in [0.29, 0.717) is 11.0 Å². The monoisotopic (exact) mass is 359 g/mol. The number of nitrogens with one attached hydrogen (secondary N) is 1. The van der Waals surface area contributed by atoms with Gasteiger partial charge in [-0.15, -0.1) is 0 Å². The first-order valence-electron chi connectivity index (χ1n) is 4.88. The van der Waals surface area contributed by atoms with Gasteiger partial charge in [0.15, 0.2) is 0 Å². The molecule has 0 unspecified atom stereocenters. The summed E-state index contributed by atoms with van der Waals surface area (Å²) in [5, 5.41) is 0.196. The van der Waals surface area contributed by atoms with Crippen LogP contribution in [0, 0.1) is 5.92 Å². The van der Waals surface area contributed by atoms with Crippen molar-refractivity contribution < 1.29 is 8.42 Å².